The first kappa shape index (κ1) is 13.4. The molecule has 100 valence electrons. The maximum atomic E-state index is 5.86. The van der Waals surface area contributed by atoms with Gasteiger partial charge in [0.2, 0.25) is 0 Å². The zero-order valence-electron chi connectivity index (χ0n) is 12.0. The molecule has 2 nitrogen and oxygen atoms in total. The molecular weight excluding hydrogens is 220 g/mol. The van der Waals surface area contributed by atoms with Gasteiger partial charge in [0.05, 0.1) is 0 Å². The van der Waals surface area contributed by atoms with Crippen LogP contribution in [0.5, 0.6) is 0 Å². The number of rotatable bonds is 3. The minimum Gasteiger partial charge on any atom is -0.371 e. The predicted molar refractivity (Wildman–Crippen MR) is 78.9 cm³/mol. The molecule has 0 amide bonds. The predicted octanol–water partition coefficient (Wildman–Crippen LogP) is 3.47. The van der Waals surface area contributed by atoms with Crippen molar-refractivity contribution in [3.8, 4) is 0 Å². The second-order valence-electron chi connectivity index (χ2n) is 5.99. The van der Waals surface area contributed by atoms with Crippen molar-refractivity contribution in [2.45, 2.75) is 46.6 Å². The number of benzene rings is 1. The quantitative estimate of drug-likeness (QED) is 0.885. The van der Waals surface area contributed by atoms with E-state index in [0.29, 0.717) is 12.0 Å². The van der Waals surface area contributed by atoms with Crippen LogP contribution in [0.25, 0.3) is 0 Å². The maximum absolute atomic E-state index is 5.86. The fourth-order valence-corrected chi connectivity index (χ4v) is 2.78. The summed E-state index contributed by atoms with van der Waals surface area (Å²) in [6, 6.07) is 6.63. The second-order valence-corrected chi connectivity index (χ2v) is 5.99. The summed E-state index contributed by atoms with van der Waals surface area (Å²) < 4.78 is 0. The van der Waals surface area contributed by atoms with Crippen molar-refractivity contribution in [2.24, 2.45) is 11.1 Å². The van der Waals surface area contributed by atoms with E-state index in [1.54, 1.807) is 0 Å². The summed E-state index contributed by atoms with van der Waals surface area (Å²) in [7, 11) is 0. The van der Waals surface area contributed by atoms with Crippen molar-refractivity contribution < 1.29 is 0 Å². The summed E-state index contributed by atoms with van der Waals surface area (Å²) in [6.45, 7) is 9.86. The molecule has 0 aliphatic carbocycles. The van der Waals surface area contributed by atoms with Crippen molar-refractivity contribution in [3.63, 3.8) is 0 Å². The standard InChI is InChI=1S/C16H26N2/c1-4-16(3)7-9-18(10-8-16)15-11-13(2)5-6-14(15)12-17/h5-6,11H,4,7-10,12,17H2,1-3H3. The molecule has 0 atom stereocenters. The van der Waals surface area contributed by atoms with Crippen molar-refractivity contribution in [2.75, 3.05) is 18.0 Å². The van der Waals surface area contributed by atoms with Gasteiger partial charge in [0, 0.05) is 25.3 Å². The first-order valence-corrected chi connectivity index (χ1v) is 7.12. The Hall–Kier alpha value is -1.02. The van der Waals surface area contributed by atoms with Gasteiger partial charge in [-0.2, -0.15) is 0 Å². The number of nitrogens with zero attached hydrogens (tertiary/aromatic N) is 1. The number of nitrogens with two attached hydrogens (primary N) is 1. The first-order chi connectivity index (χ1) is 8.58. The van der Waals surface area contributed by atoms with Crippen LogP contribution >= 0.6 is 0 Å². The average molecular weight is 246 g/mol. The number of piperidine rings is 1. The molecule has 0 spiro atoms. The SMILES string of the molecule is CCC1(C)CCN(c2cc(C)ccc2CN)CC1. The second kappa shape index (κ2) is 5.31. The largest absolute Gasteiger partial charge is 0.371 e. The third-order valence-corrected chi connectivity index (χ3v) is 4.63. The Bertz CT molecular complexity index is 404. The molecule has 0 unspecified atom stereocenters. The third kappa shape index (κ3) is 2.69. The van der Waals surface area contributed by atoms with Crippen LogP contribution in [0.15, 0.2) is 18.2 Å². The monoisotopic (exact) mass is 246 g/mol. The minimum absolute atomic E-state index is 0.545. The summed E-state index contributed by atoms with van der Waals surface area (Å²) >= 11 is 0. The van der Waals surface area contributed by atoms with Gasteiger partial charge in [-0.3, -0.25) is 0 Å². The van der Waals surface area contributed by atoms with Gasteiger partial charge in [0.15, 0.2) is 0 Å². The van der Waals surface area contributed by atoms with Crippen molar-refractivity contribution >= 4 is 5.69 Å². The fraction of sp³-hybridized carbons (Fsp3) is 0.625. The summed E-state index contributed by atoms with van der Waals surface area (Å²) in [5.41, 5.74) is 10.4. The molecule has 0 bridgehead atoms. The van der Waals surface area contributed by atoms with Gasteiger partial charge in [-0.1, -0.05) is 32.4 Å². The fourth-order valence-electron chi connectivity index (χ4n) is 2.78. The Morgan fingerprint density at radius 3 is 2.50 bits per heavy atom. The number of anilines is 1. The molecule has 18 heavy (non-hydrogen) atoms. The lowest BCUT2D eigenvalue weighted by Crippen LogP contribution is -2.39. The molecular formula is C16H26N2. The van der Waals surface area contributed by atoms with Gasteiger partial charge >= 0.3 is 0 Å². The van der Waals surface area contributed by atoms with Crippen molar-refractivity contribution in [3.05, 3.63) is 29.3 Å². The molecule has 1 saturated heterocycles. The number of hydrogen-bond acceptors (Lipinski definition) is 2. The Labute approximate surface area is 111 Å². The molecule has 1 aliphatic heterocycles. The number of hydrogen-bond donors (Lipinski definition) is 1. The van der Waals surface area contributed by atoms with Gasteiger partial charge in [0.1, 0.15) is 0 Å². The maximum Gasteiger partial charge on any atom is 0.0414 e. The van der Waals surface area contributed by atoms with Gasteiger partial charge in [-0.05, 0) is 42.4 Å². The highest BCUT2D eigenvalue weighted by molar-refractivity contribution is 5.55. The smallest absolute Gasteiger partial charge is 0.0414 e. The molecule has 0 saturated carbocycles. The van der Waals surface area contributed by atoms with Crippen LogP contribution in [0.3, 0.4) is 0 Å². The Morgan fingerprint density at radius 1 is 1.28 bits per heavy atom. The van der Waals surface area contributed by atoms with E-state index >= 15 is 0 Å². The van der Waals surface area contributed by atoms with E-state index in [1.807, 2.05) is 0 Å². The van der Waals surface area contributed by atoms with E-state index in [2.05, 4.69) is 43.9 Å². The molecule has 2 rings (SSSR count). The molecule has 2 N–H and O–H groups in total. The minimum atomic E-state index is 0.545. The van der Waals surface area contributed by atoms with Gasteiger partial charge in [-0.25, -0.2) is 0 Å². The highest BCUT2D eigenvalue weighted by Crippen LogP contribution is 2.36. The Morgan fingerprint density at radius 2 is 1.94 bits per heavy atom. The van der Waals surface area contributed by atoms with Gasteiger partial charge < -0.3 is 10.6 Å². The van der Waals surface area contributed by atoms with E-state index in [9.17, 15) is 0 Å². The summed E-state index contributed by atoms with van der Waals surface area (Å²) in [5.74, 6) is 0. The third-order valence-electron chi connectivity index (χ3n) is 4.63. The zero-order chi connectivity index (χ0) is 13.2. The molecule has 1 aliphatic rings. The molecule has 1 fully saturated rings. The van der Waals surface area contributed by atoms with E-state index < -0.39 is 0 Å². The van der Waals surface area contributed by atoms with Crippen LogP contribution in [0.2, 0.25) is 0 Å². The molecule has 1 aromatic rings. The first-order valence-electron chi connectivity index (χ1n) is 7.12. The van der Waals surface area contributed by atoms with Crippen molar-refractivity contribution in [1.82, 2.24) is 0 Å². The topological polar surface area (TPSA) is 29.3 Å². The van der Waals surface area contributed by atoms with Crippen LogP contribution < -0.4 is 10.6 Å². The van der Waals surface area contributed by atoms with E-state index in [-0.39, 0.29) is 0 Å². The number of aryl methyl sites for hydroxylation is 1. The molecule has 2 heteroatoms. The Balaban J connectivity index is 2.16. The Kier molecular flexibility index (Phi) is 3.96. The highest BCUT2D eigenvalue weighted by Gasteiger charge is 2.28. The molecule has 0 radical (unpaired) electrons. The van der Waals surface area contributed by atoms with Crippen LogP contribution in [-0.4, -0.2) is 13.1 Å². The van der Waals surface area contributed by atoms with E-state index in [0.717, 1.165) is 0 Å². The average Bonchev–Trinajstić information content (AvgIpc) is 2.39. The summed E-state index contributed by atoms with van der Waals surface area (Å²) in [5, 5.41) is 0. The zero-order valence-corrected chi connectivity index (χ0v) is 12.0. The van der Waals surface area contributed by atoms with Crippen LogP contribution in [0.4, 0.5) is 5.69 Å². The van der Waals surface area contributed by atoms with Gasteiger partial charge in [0.25, 0.3) is 0 Å². The van der Waals surface area contributed by atoms with Gasteiger partial charge in [-0.15, -0.1) is 0 Å². The molecule has 1 aromatic carbocycles. The summed E-state index contributed by atoms with van der Waals surface area (Å²) in [6.07, 6.45) is 3.88. The normalized spacial score (nSPS) is 19.0. The summed E-state index contributed by atoms with van der Waals surface area (Å²) in [4.78, 5) is 2.52. The van der Waals surface area contributed by atoms with Crippen LogP contribution in [-0.2, 0) is 6.54 Å². The van der Waals surface area contributed by atoms with E-state index in [4.69, 9.17) is 5.73 Å². The lowest BCUT2D eigenvalue weighted by molar-refractivity contribution is 0.238. The molecule has 0 aromatic heterocycles. The van der Waals surface area contributed by atoms with Crippen LogP contribution in [0, 0.1) is 12.3 Å². The van der Waals surface area contributed by atoms with E-state index in [1.165, 1.54) is 49.2 Å². The lowest BCUT2D eigenvalue weighted by Gasteiger charge is -2.40. The molecule has 1 heterocycles. The highest BCUT2D eigenvalue weighted by atomic mass is 15.1. The van der Waals surface area contributed by atoms with Crippen LogP contribution in [0.1, 0.15) is 44.2 Å². The van der Waals surface area contributed by atoms with Crippen molar-refractivity contribution in [1.29, 1.82) is 0 Å². The lowest BCUT2D eigenvalue weighted by atomic mass is 9.78.